The number of rotatable bonds is 6. The first-order chi connectivity index (χ1) is 11.5. The molecule has 25 heavy (non-hydrogen) atoms. The molecule has 2 rings (SSSR count). The molecule has 0 aliphatic heterocycles. The van der Waals surface area contributed by atoms with E-state index in [2.05, 4.69) is 20.0 Å². The van der Waals surface area contributed by atoms with Crippen molar-refractivity contribution < 1.29 is 13.5 Å². The summed E-state index contributed by atoms with van der Waals surface area (Å²) in [6.07, 6.45) is 1.84. The number of guanidine groups is 1. The van der Waals surface area contributed by atoms with Gasteiger partial charge in [0.05, 0.1) is 6.54 Å². The fraction of sp³-hybridized carbons (Fsp3) is 0.375. The molecule has 0 spiro atoms. The molecule has 0 amide bonds. The Hall–Kier alpha value is -1.49. The van der Waals surface area contributed by atoms with Gasteiger partial charge >= 0.3 is 6.61 Å². The standard InChI is InChI=1S/C16H20F2N4OS.HI/c1-11-8-20-14(24-11)9-21-16(19-2)22(3)10-12-4-6-13(7-5-12)23-15(17)18;/h4-8,15H,9-10H2,1-3H3,(H,19,21);1H. The number of alkyl halides is 2. The summed E-state index contributed by atoms with van der Waals surface area (Å²) >= 11 is 1.64. The third-order valence-corrected chi connectivity index (χ3v) is 4.12. The van der Waals surface area contributed by atoms with Crippen LogP contribution in [0, 0.1) is 6.92 Å². The molecule has 5 nitrogen and oxygen atoms in total. The van der Waals surface area contributed by atoms with Crippen molar-refractivity contribution in [3.63, 3.8) is 0 Å². The smallest absolute Gasteiger partial charge is 0.387 e. The molecule has 138 valence electrons. The highest BCUT2D eigenvalue weighted by molar-refractivity contribution is 14.0. The van der Waals surface area contributed by atoms with Gasteiger partial charge in [-0.05, 0) is 24.6 Å². The van der Waals surface area contributed by atoms with E-state index in [0.717, 1.165) is 16.5 Å². The summed E-state index contributed by atoms with van der Waals surface area (Å²) in [5.74, 6) is 0.883. The first kappa shape index (κ1) is 21.6. The van der Waals surface area contributed by atoms with Crippen molar-refractivity contribution in [3.8, 4) is 5.75 Å². The molecule has 1 aromatic heterocycles. The summed E-state index contributed by atoms with van der Waals surface area (Å²) in [5, 5.41) is 4.25. The number of nitrogens with one attached hydrogen (secondary N) is 1. The largest absolute Gasteiger partial charge is 0.435 e. The molecule has 1 aromatic carbocycles. The lowest BCUT2D eigenvalue weighted by Gasteiger charge is -2.22. The number of aryl methyl sites for hydroxylation is 1. The Balaban J connectivity index is 0.00000312. The van der Waals surface area contributed by atoms with Crippen molar-refractivity contribution in [1.82, 2.24) is 15.2 Å². The fourth-order valence-electron chi connectivity index (χ4n) is 2.15. The molecule has 0 bridgehead atoms. The van der Waals surface area contributed by atoms with Crippen molar-refractivity contribution in [3.05, 3.63) is 45.9 Å². The van der Waals surface area contributed by atoms with Crippen LogP contribution in [0.3, 0.4) is 0 Å². The third kappa shape index (κ3) is 7.10. The van der Waals surface area contributed by atoms with E-state index in [4.69, 9.17) is 0 Å². The summed E-state index contributed by atoms with van der Waals surface area (Å²) < 4.78 is 28.6. The number of nitrogens with zero attached hydrogens (tertiary/aromatic N) is 3. The maximum absolute atomic E-state index is 12.2. The third-order valence-electron chi connectivity index (χ3n) is 3.21. The normalized spacial score (nSPS) is 11.2. The van der Waals surface area contributed by atoms with Gasteiger partial charge in [-0.25, -0.2) is 4.98 Å². The van der Waals surface area contributed by atoms with Gasteiger partial charge < -0.3 is 15.0 Å². The number of hydrogen-bond donors (Lipinski definition) is 1. The lowest BCUT2D eigenvalue weighted by Crippen LogP contribution is -2.38. The molecule has 0 unspecified atom stereocenters. The highest BCUT2D eigenvalue weighted by atomic mass is 127. The van der Waals surface area contributed by atoms with Gasteiger partial charge in [0.1, 0.15) is 10.8 Å². The van der Waals surface area contributed by atoms with E-state index in [-0.39, 0.29) is 29.7 Å². The molecule has 2 aromatic rings. The van der Waals surface area contributed by atoms with E-state index in [1.54, 1.807) is 30.5 Å². The van der Waals surface area contributed by atoms with E-state index >= 15 is 0 Å². The first-order valence-corrected chi connectivity index (χ1v) is 8.16. The van der Waals surface area contributed by atoms with Gasteiger partial charge in [-0.2, -0.15) is 8.78 Å². The molecule has 0 saturated heterocycles. The highest BCUT2D eigenvalue weighted by Gasteiger charge is 2.09. The van der Waals surface area contributed by atoms with E-state index in [1.807, 2.05) is 25.1 Å². The minimum absolute atomic E-state index is 0. The molecule has 9 heteroatoms. The van der Waals surface area contributed by atoms with Gasteiger partial charge in [-0.15, -0.1) is 35.3 Å². The topological polar surface area (TPSA) is 49.8 Å². The van der Waals surface area contributed by atoms with Crippen molar-refractivity contribution in [2.45, 2.75) is 26.6 Å². The maximum Gasteiger partial charge on any atom is 0.387 e. The van der Waals surface area contributed by atoms with Crippen LogP contribution in [0.15, 0.2) is 35.5 Å². The average molecular weight is 482 g/mol. The Morgan fingerprint density at radius 2 is 2.04 bits per heavy atom. The summed E-state index contributed by atoms with van der Waals surface area (Å²) in [6, 6.07) is 6.57. The van der Waals surface area contributed by atoms with E-state index in [0.29, 0.717) is 13.1 Å². The van der Waals surface area contributed by atoms with Crippen molar-refractivity contribution in [2.75, 3.05) is 14.1 Å². The number of halogens is 3. The zero-order chi connectivity index (χ0) is 17.5. The molecule has 0 atom stereocenters. The van der Waals surface area contributed by atoms with Gasteiger partial charge in [0.15, 0.2) is 5.96 Å². The van der Waals surface area contributed by atoms with E-state index < -0.39 is 6.61 Å². The molecule has 0 fully saturated rings. The molecule has 0 aliphatic rings. The Morgan fingerprint density at radius 1 is 1.36 bits per heavy atom. The van der Waals surface area contributed by atoms with Gasteiger partial charge in [0.2, 0.25) is 0 Å². The van der Waals surface area contributed by atoms with Crippen LogP contribution in [0.1, 0.15) is 15.4 Å². The second-order valence-electron chi connectivity index (χ2n) is 5.14. The second-order valence-corrected chi connectivity index (χ2v) is 6.46. The maximum atomic E-state index is 12.2. The predicted octanol–water partition coefficient (Wildman–Crippen LogP) is 3.88. The number of aliphatic imine (C=N–C) groups is 1. The van der Waals surface area contributed by atoms with Gasteiger partial charge in [-0.1, -0.05) is 12.1 Å². The lowest BCUT2D eigenvalue weighted by molar-refractivity contribution is -0.0498. The molecule has 1 heterocycles. The van der Waals surface area contributed by atoms with Crippen LogP contribution >= 0.6 is 35.3 Å². The molecule has 1 N–H and O–H groups in total. The Labute approximate surface area is 167 Å². The van der Waals surface area contributed by atoms with Crippen molar-refractivity contribution in [1.29, 1.82) is 0 Å². The zero-order valence-electron chi connectivity index (χ0n) is 14.2. The van der Waals surface area contributed by atoms with Crippen LogP contribution in [0.4, 0.5) is 8.78 Å². The monoisotopic (exact) mass is 482 g/mol. The molecular weight excluding hydrogens is 461 g/mol. The summed E-state index contributed by atoms with van der Waals surface area (Å²) in [4.78, 5) is 11.7. The van der Waals surface area contributed by atoms with Crippen LogP contribution in [0.2, 0.25) is 0 Å². The summed E-state index contributed by atoms with van der Waals surface area (Å²) in [6.45, 7) is 0.405. The quantitative estimate of drug-likeness (QED) is 0.386. The lowest BCUT2D eigenvalue weighted by atomic mass is 10.2. The number of benzene rings is 1. The minimum Gasteiger partial charge on any atom is -0.435 e. The molecule has 0 aliphatic carbocycles. The van der Waals surface area contributed by atoms with Crippen LogP contribution in [0.25, 0.3) is 0 Å². The second kappa shape index (κ2) is 10.5. The molecule has 0 saturated carbocycles. The number of ether oxygens (including phenoxy) is 1. The summed E-state index contributed by atoms with van der Waals surface area (Å²) in [5.41, 5.74) is 0.965. The Kier molecular flexibility index (Phi) is 9.04. The number of aromatic nitrogens is 1. The Bertz CT molecular complexity index is 679. The summed E-state index contributed by atoms with van der Waals surface area (Å²) in [7, 11) is 3.62. The van der Waals surface area contributed by atoms with Crippen molar-refractivity contribution in [2.24, 2.45) is 4.99 Å². The number of thiazole rings is 1. The number of hydrogen-bond acceptors (Lipinski definition) is 4. The van der Waals surface area contributed by atoms with Gasteiger partial charge in [0, 0.05) is 31.7 Å². The van der Waals surface area contributed by atoms with E-state index in [1.165, 1.54) is 17.0 Å². The fourth-order valence-corrected chi connectivity index (χ4v) is 2.87. The molecular formula is C16H21F2IN4OS. The zero-order valence-corrected chi connectivity index (χ0v) is 17.3. The van der Waals surface area contributed by atoms with Gasteiger partial charge in [-0.3, -0.25) is 4.99 Å². The van der Waals surface area contributed by atoms with Gasteiger partial charge in [0.25, 0.3) is 0 Å². The van der Waals surface area contributed by atoms with Crippen molar-refractivity contribution >= 4 is 41.3 Å². The first-order valence-electron chi connectivity index (χ1n) is 7.34. The Morgan fingerprint density at radius 3 is 2.56 bits per heavy atom. The molecule has 0 radical (unpaired) electrons. The van der Waals surface area contributed by atoms with Crippen LogP contribution < -0.4 is 10.1 Å². The van der Waals surface area contributed by atoms with Crippen LogP contribution in [-0.2, 0) is 13.1 Å². The van der Waals surface area contributed by atoms with Crippen LogP contribution in [-0.4, -0.2) is 36.6 Å². The van der Waals surface area contributed by atoms with Crippen LogP contribution in [0.5, 0.6) is 5.75 Å². The van der Waals surface area contributed by atoms with E-state index in [9.17, 15) is 8.78 Å². The minimum atomic E-state index is -2.81. The average Bonchev–Trinajstić information content (AvgIpc) is 2.95. The SMILES string of the molecule is CN=C(NCc1ncc(C)s1)N(C)Cc1ccc(OC(F)F)cc1.I. The predicted molar refractivity (Wildman–Crippen MR) is 107 cm³/mol. The highest BCUT2D eigenvalue weighted by Crippen LogP contribution is 2.16.